The van der Waals surface area contributed by atoms with Crippen molar-refractivity contribution < 1.29 is 30.5 Å². The summed E-state index contributed by atoms with van der Waals surface area (Å²) in [7, 11) is 1.69. The maximum Gasteiger partial charge on any atom is 2.00 e. The van der Waals surface area contributed by atoms with Crippen LogP contribution in [0.2, 0.25) is 0 Å². The number of hydrogen-bond acceptors (Lipinski definition) is 4. The van der Waals surface area contributed by atoms with Gasteiger partial charge >= 0.3 is 21.1 Å². The van der Waals surface area contributed by atoms with Gasteiger partial charge in [-0.2, -0.15) is 17.2 Å². The van der Waals surface area contributed by atoms with E-state index in [1.807, 2.05) is 37.4 Å². The average molecular weight is 842 g/mol. The molecule has 0 fully saturated rings. The largest absolute Gasteiger partial charge is 2.00 e. The van der Waals surface area contributed by atoms with Crippen molar-refractivity contribution in [3.63, 3.8) is 0 Å². The molecule has 0 aliphatic carbocycles. The van der Waals surface area contributed by atoms with E-state index >= 15 is 0 Å². The number of aryl methyl sites for hydroxylation is 4. The Kier molecular flexibility index (Phi) is 9.79. The topological polar surface area (TPSA) is 54.1 Å². The number of benzene rings is 4. The first-order valence-electron chi connectivity index (χ1n) is 16.9. The molecule has 0 amide bonds. The molecule has 0 aliphatic heterocycles. The summed E-state index contributed by atoms with van der Waals surface area (Å²) >= 11 is 0. The van der Waals surface area contributed by atoms with E-state index in [1.165, 1.54) is 22.3 Å². The number of hydrogen-bond donors (Lipinski definition) is 0. The van der Waals surface area contributed by atoms with Crippen molar-refractivity contribution in [3.05, 3.63) is 125 Å². The predicted molar refractivity (Wildman–Crippen MR) is 199 cm³/mol. The van der Waals surface area contributed by atoms with Gasteiger partial charge < -0.3 is 14.0 Å². The summed E-state index contributed by atoms with van der Waals surface area (Å²) in [5.41, 5.74) is 10.8. The van der Waals surface area contributed by atoms with Crippen LogP contribution in [0.4, 0.5) is 0 Å². The zero-order valence-corrected chi connectivity index (χ0v) is 32.2. The van der Waals surface area contributed by atoms with Gasteiger partial charge in [0.15, 0.2) is 0 Å². The molecule has 0 unspecified atom stereocenters. The van der Waals surface area contributed by atoms with Gasteiger partial charge in [-0.25, -0.2) is 9.67 Å². The van der Waals surface area contributed by atoms with Gasteiger partial charge in [0.25, 0.3) is 0 Å². The summed E-state index contributed by atoms with van der Waals surface area (Å²) < 4.78 is 16.4. The molecule has 3 aromatic heterocycles. The first-order valence-corrected chi connectivity index (χ1v) is 16.9. The second-order valence-corrected chi connectivity index (χ2v) is 13.8. The van der Waals surface area contributed by atoms with E-state index in [0.29, 0.717) is 17.4 Å². The molecule has 0 bridgehead atoms. The Morgan fingerprint density at radius 2 is 1.56 bits per heavy atom. The Balaban J connectivity index is 0.00000432. The third-order valence-corrected chi connectivity index (χ3v) is 9.12. The normalized spacial score (nSPS) is 11.6. The van der Waals surface area contributed by atoms with Gasteiger partial charge in [0, 0.05) is 23.2 Å². The summed E-state index contributed by atoms with van der Waals surface area (Å²) in [6, 6.07) is 34.0. The predicted octanol–water partition coefficient (Wildman–Crippen LogP) is 10.6. The number of pyridine rings is 1. The molecule has 0 radical (unpaired) electrons. The Labute approximate surface area is 309 Å². The van der Waals surface area contributed by atoms with Crippen molar-refractivity contribution in [1.29, 1.82) is 0 Å². The monoisotopic (exact) mass is 841 g/mol. The molecule has 4 aromatic carbocycles. The second-order valence-electron chi connectivity index (χ2n) is 13.8. The number of para-hydroxylation sites is 1. The number of methoxy groups -OCH3 is 1. The molecule has 0 saturated carbocycles. The van der Waals surface area contributed by atoms with E-state index in [-0.39, 0.29) is 26.5 Å². The van der Waals surface area contributed by atoms with Crippen LogP contribution in [0.15, 0.2) is 85.1 Å². The number of ether oxygens (including phenoxy) is 2. The van der Waals surface area contributed by atoms with Crippen molar-refractivity contribution in [1.82, 2.24) is 19.3 Å². The van der Waals surface area contributed by atoms with Crippen LogP contribution in [0.5, 0.6) is 17.4 Å². The van der Waals surface area contributed by atoms with Crippen molar-refractivity contribution in [3.8, 4) is 40.0 Å². The molecule has 7 aromatic rings. The molecule has 7 rings (SSSR count). The van der Waals surface area contributed by atoms with Crippen LogP contribution in [0.1, 0.15) is 62.1 Å². The van der Waals surface area contributed by atoms with E-state index in [2.05, 4.69) is 113 Å². The summed E-state index contributed by atoms with van der Waals surface area (Å²) in [4.78, 5) is 4.77. The molecule has 0 N–H and O–H groups in total. The van der Waals surface area contributed by atoms with Gasteiger partial charge in [0.05, 0.1) is 18.4 Å². The van der Waals surface area contributed by atoms with Crippen LogP contribution in [0.3, 0.4) is 0 Å². The number of nitrogens with zero attached hydrogens (tertiary/aromatic N) is 4. The second kappa shape index (κ2) is 13.9. The van der Waals surface area contributed by atoms with Crippen LogP contribution in [-0.2, 0) is 32.9 Å². The summed E-state index contributed by atoms with van der Waals surface area (Å²) in [5.74, 6) is 2.67. The smallest absolute Gasteiger partial charge is 0.509 e. The van der Waals surface area contributed by atoms with Crippen molar-refractivity contribution in [2.24, 2.45) is 0 Å². The summed E-state index contributed by atoms with van der Waals surface area (Å²) in [6.07, 6.45) is 3.97. The van der Waals surface area contributed by atoms with E-state index in [0.717, 1.165) is 63.0 Å². The molecule has 50 heavy (non-hydrogen) atoms. The van der Waals surface area contributed by atoms with E-state index in [1.54, 1.807) is 11.8 Å². The fourth-order valence-electron chi connectivity index (χ4n) is 7.42. The standard InChI is InChI=1S/C43H42N4O2.Pt/c1-9-13-30-20-21-44-39(24-30)46-37-17-11-10-16-35(37)36-19-18-34(26-38(36)46)49-33-15-12-14-32(25-33)47-42(48-8)40(29(4)45-47)31-22-27(2)41(28(3)23-31)43(5,6)7;/h10-12,14-24H,9,13H2,1-8H3;/q-2;+2. The first-order chi connectivity index (χ1) is 23.6. The van der Waals surface area contributed by atoms with E-state index < -0.39 is 0 Å². The molecular weight excluding hydrogens is 800 g/mol. The fraction of sp³-hybridized carbons (Fsp3) is 0.256. The first kappa shape index (κ1) is 35.2. The Hall–Kier alpha value is -4.67. The Bertz CT molecular complexity index is 2320. The molecule has 3 heterocycles. The van der Waals surface area contributed by atoms with Crippen molar-refractivity contribution in [2.75, 3.05) is 7.11 Å². The van der Waals surface area contributed by atoms with E-state index in [4.69, 9.17) is 19.6 Å². The molecule has 0 aliphatic rings. The minimum atomic E-state index is 0. The Morgan fingerprint density at radius 3 is 2.28 bits per heavy atom. The zero-order valence-electron chi connectivity index (χ0n) is 29.9. The quantitative estimate of drug-likeness (QED) is 0.143. The van der Waals surface area contributed by atoms with Gasteiger partial charge in [0.1, 0.15) is 5.82 Å². The number of rotatable bonds is 8. The molecule has 256 valence electrons. The van der Waals surface area contributed by atoms with Gasteiger partial charge in [-0.1, -0.05) is 70.0 Å². The fourth-order valence-corrected chi connectivity index (χ4v) is 7.42. The molecule has 0 atom stereocenters. The number of fused-ring (bicyclic) bond motifs is 3. The average Bonchev–Trinajstić information content (AvgIpc) is 3.58. The minimum absolute atomic E-state index is 0. The van der Waals surface area contributed by atoms with Gasteiger partial charge in [0.2, 0.25) is 5.88 Å². The Morgan fingerprint density at radius 1 is 0.820 bits per heavy atom. The van der Waals surface area contributed by atoms with Crippen LogP contribution >= 0.6 is 0 Å². The zero-order chi connectivity index (χ0) is 34.4. The van der Waals surface area contributed by atoms with Gasteiger partial charge in [-0.3, -0.25) is 0 Å². The maximum atomic E-state index is 6.44. The van der Waals surface area contributed by atoms with Crippen LogP contribution in [-0.4, -0.2) is 26.4 Å². The third-order valence-electron chi connectivity index (χ3n) is 9.12. The SMILES string of the molecule is CCCc1ccnc(-n2c3[c-]c(Oc4[c-]c(-n5nc(C)c(-c6cc(C)c(C(C)(C)C)c(C)c6)c5OC)ccc4)ccc3c3ccccc32)c1.[Pt+2]. The van der Waals surface area contributed by atoms with Crippen LogP contribution in [0.25, 0.3) is 44.4 Å². The maximum absolute atomic E-state index is 6.44. The van der Waals surface area contributed by atoms with Crippen LogP contribution in [0, 0.1) is 32.9 Å². The summed E-state index contributed by atoms with van der Waals surface area (Å²) in [5, 5.41) is 7.16. The molecule has 0 saturated heterocycles. The van der Waals surface area contributed by atoms with E-state index in [9.17, 15) is 0 Å². The summed E-state index contributed by atoms with van der Waals surface area (Å²) in [6.45, 7) is 15.4. The van der Waals surface area contributed by atoms with Gasteiger partial charge in [-0.15, -0.1) is 35.7 Å². The van der Waals surface area contributed by atoms with Crippen molar-refractivity contribution >= 4 is 21.8 Å². The molecular formula is C43H42N4O2Pt. The number of aromatic nitrogens is 4. The molecule has 7 heteroatoms. The van der Waals surface area contributed by atoms with Gasteiger partial charge in [-0.05, 0) is 89.7 Å². The molecule has 6 nitrogen and oxygen atoms in total. The van der Waals surface area contributed by atoms with Crippen LogP contribution < -0.4 is 9.47 Å². The third kappa shape index (κ3) is 6.38. The van der Waals surface area contributed by atoms with Crippen molar-refractivity contribution in [2.45, 2.75) is 66.7 Å². The minimum Gasteiger partial charge on any atom is -0.509 e. The molecule has 0 spiro atoms.